The summed E-state index contributed by atoms with van der Waals surface area (Å²) in [7, 11) is 0. The van der Waals surface area contributed by atoms with Crippen molar-refractivity contribution in [2.75, 3.05) is 18.4 Å². The lowest BCUT2D eigenvalue weighted by Crippen LogP contribution is -2.34. The number of aryl methyl sites for hydroxylation is 2. The first-order valence-electron chi connectivity index (χ1n) is 8.12. The second-order valence-corrected chi connectivity index (χ2v) is 5.91. The van der Waals surface area contributed by atoms with E-state index < -0.39 is 0 Å². The molecule has 24 heavy (non-hydrogen) atoms. The van der Waals surface area contributed by atoms with Crippen LogP contribution < -0.4 is 10.6 Å². The summed E-state index contributed by atoms with van der Waals surface area (Å²) in [5.74, 6) is 1.33. The summed E-state index contributed by atoms with van der Waals surface area (Å²) in [4.78, 5) is 16.8. The Morgan fingerprint density at radius 2 is 2.12 bits per heavy atom. The van der Waals surface area contributed by atoms with Crippen LogP contribution in [0, 0.1) is 12.8 Å². The number of nitrogens with zero attached hydrogens (tertiary/aromatic N) is 2. The van der Waals surface area contributed by atoms with E-state index in [1.165, 1.54) is 0 Å². The lowest BCUT2D eigenvalue weighted by Gasteiger charge is -2.22. The van der Waals surface area contributed by atoms with E-state index in [1.54, 1.807) is 0 Å². The first kappa shape index (κ1) is 18.4. The van der Waals surface area contributed by atoms with Crippen LogP contribution in [0.1, 0.15) is 31.2 Å². The normalized spacial score (nSPS) is 14.9. The van der Waals surface area contributed by atoms with Gasteiger partial charge in [0.15, 0.2) is 5.82 Å². The number of halogens is 1. The average molecular weight is 351 g/mol. The highest BCUT2D eigenvalue weighted by Gasteiger charge is 2.21. The maximum Gasteiger partial charge on any atom is 0.257 e. The molecule has 0 radical (unpaired) electrons. The number of benzene rings is 1. The molecule has 6 nitrogen and oxygen atoms in total. The molecule has 1 fully saturated rings. The Balaban J connectivity index is 0.00000208. The van der Waals surface area contributed by atoms with Crippen LogP contribution in [0.5, 0.6) is 0 Å². The molecule has 2 N–H and O–H groups in total. The van der Waals surface area contributed by atoms with E-state index in [1.807, 2.05) is 32.0 Å². The Labute approximate surface area is 147 Å². The zero-order valence-corrected chi connectivity index (χ0v) is 14.8. The number of hydrogen-bond donors (Lipinski definition) is 2. The summed E-state index contributed by atoms with van der Waals surface area (Å²) in [5, 5.41) is 10.2. The van der Waals surface area contributed by atoms with Gasteiger partial charge in [0.05, 0.1) is 0 Å². The summed E-state index contributed by atoms with van der Waals surface area (Å²) >= 11 is 0. The predicted octanol–water partition coefficient (Wildman–Crippen LogP) is 2.97. The zero-order valence-electron chi connectivity index (χ0n) is 14.0. The monoisotopic (exact) mass is 350 g/mol. The summed E-state index contributed by atoms with van der Waals surface area (Å²) in [6, 6.07) is 5.80. The van der Waals surface area contributed by atoms with Gasteiger partial charge in [-0.2, -0.15) is 4.98 Å². The van der Waals surface area contributed by atoms with Gasteiger partial charge in [0.25, 0.3) is 5.89 Å². The largest absolute Gasteiger partial charge is 0.334 e. The Morgan fingerprint density at radius 3 is 2.79 bits per heavy atom. The lowest BCUT2D eigenvalue weighted by molar-refractivity contribution is -0.120. The molecule has 1 aromatic carbocycles. The number of carbonyl (C=O) groups excluding carboxylic acids is 1. The van der Waals surface area contributed by atoms with Gasteiger partial charge in [0, 0.05) is 23.6 Å². The van der Waals surface area contributed by atoms with Crippen LogP contribution in [-0.4, -0.2) is 29.1 Å². The van der Waals surface area contributed by atoms with Crippen molar-refractivity contribution in [2.24, 2.45) is 5.92 Å². The summed E-state index contributed by atoms with van der Waals surface area (Å²) in [6.45, 7) is 5.76. The molecule has 3 rings (SSSR count). The van der Waals surface area contributed by atoms with Gasteiger partial charge in [0.2, 0.25) is 5.91 Å². The van der Waals surface area contributed by atoms with E-state index in [-0.39, 0.29) is 24.2 Å². The average Bonchev–Trinajstić information content (AvgIpc) is 3.07. The van der Waals surface area contributed by atoms with Crippen molar-refractivity contribution in [3.63, 3.8) is 0 Å². The third-order valence-electron chi connectivity index (χ3n) is 4.24. The van der Waals surface area contributed by atoms with Gasteiger partial charge in [-0.3, -0.25) is 4.79 Å². The number of anilines is 1. The standard InChI is InChI=1S/C17H22N4O2.ClH/c1-3-15-20-17(23-21-15)13-5-4-11(2)14(10-13)19-16(22)12-6-8-18-9-7-12;/h4-5,10,12,18H,3,6-9H2,1-2H3,(H,19,22);1H. The third kappa shape index (κ3) is 4.13. The molecule has 0 aliphatic carbocycles. The summed E-state index contributed by atoms with van der Waals surface area (Å²) in [6.07, 6.45) is 2.50. The number of piperidine rings is 1. The molecule has 0 spiro atoms. The van der Waals surface area contributed by atoms with Crippen molar-refractivity contribution >= 4 is 24.0 Å². The molecule has 1 saturated heterocycles. The lowest BCUT2D eigenvalue weighted by atomic mass is 9.97. The molecular formula is C17H23ClN4O2. The quantitative estimate of drug-likeness (QED) is 0.886. The molecule has 7 heteroatoms. The molecule has 0 saturated carbocycles. The van der Waals surface area contributed by atoms with Crippen molar-refractivity contribution in [2.45, 2.75) is 33.1 Å². The van der Waals surface area contributed by atoms with Gasteiger partial charge in [0.1, 0.15) is 0 Å². The third-order valence-corrected chi connectivity index (χ3v) is 4.24. The molecule has 0 atom stereocenters. The van der Waals surface area contributed by atoms with Gasteiger partial charge in [-0.15, -0.1) is 12.4 Å². The molecule has 0 unspecified atom stereocenters. The smallest absolute Gasteiger partial charge is 0.257 e. The number of amides is 1. The fourth-order valence-electron chi connectivity index (χ4n) is 2.72. The van der Waals surface area contributed by atoms with E-state index in [0.717, 1.165) is 49.2 Å². The molecule has 1 aliphatic rings. The molecule has 130 valence electrons. The first-order chi connectivity index (χ1) is 11.2. The van der Waals surface area contributed by atoms with Crippen LogP contribution in [0.15, 0.2) is 22.7 Å². The molecule has 2 aromatic rings. The maximum atomic E-state index is 12.4. The number of aromatic nitrogens is 2. The fraction of sp³-hybridized carbons (Fsp3) is 0.471. The molecule has 1 aromatic heterocycles. The number of nitrogens with one attached hydrogen (secondary N) is 2. The van der Waals surface area contributed by atoms with Crippen LogP contribution in [0.3, 0.4) is 0 Å². The predicted molar refractivity (Wildman–Crippen MR) is 95.3 cm³/mol. The van der Waals surface area contributed by atoms with Crippen molar-refractivity contribution in [1.29, 1.82) is 0 Å². The highest BCUT2D eigenvalue weighted by atomic mass is 35.5. The minimum absolute atomic E-state index is 0. The Bertz CT molecular complexity index is 696. The highest BCUT2D eigenvalue weighted by molar-refractivity contribution is 5.94. The molecule has 0 bridgehead atoms. The van der Waals surface area contributed by atoms with Crippen LogP contribution in [0.25, 0.3) is 11.5 Å². The molecule has 1 aliphatic heterocycles. The van der Waals surface area contributed by atoms with Crippen molar-refractivity contribution < 1.29 is 9.32 Å². The number of carbonyl (C=O) groups is 1. The highest BCUT2D eigenvalue weighted by Crippen LogP contribution is 2.25. The van der Waals surface area contributed by atoms with Gasteiger partial charge in [-0.05, 0) is 50.6 Å². The van der Waals surface area contributed by atoms with E-state index in [2.05, 4.69) is 20.8 Å². The zero-order chi connectivity index (χ0) is 16.2. The Morgan fingerprint density at radius 1 is 1.38 bits per heavy atom. The van der Waals surface area contributed by atoms with E-state index in [4.69, 9.17) is 4.52 Å². The SMILES string of the molecule is CCc1noc(-c2ccc(C)c(NC(=O)C3CCNCC3)c2)n1.Cl. The Hall–Kier alpha value is -1.92. The van der Waals surface area contributed by atoms with Crippen LogP contribution in [0.4, 0.5) is 5.69 Å². The van der Waals surface area contributed by atoms with E-state index in [0.29, 0.717) is 11.7 Å². The second kappa shape index (κ2) is 8.26. The van der Waals surface area contributed by atoms with Gasteiger partial charge in [-0.25, -0.2) is 0 Å². The molecule has 2 heterocycles. The van der Waals surface area contributed by atoms with Crippen molar-refractivity contribution in [3.05, 3.63) is 29.6 Å². The number of hydrogen-bond acceptors (Lipinski definition) is 5. The van der Waals surface area contributed by atoms with Crippen LogP contribution in [0.2, 0.25) is 0 Å². The van der Waals surface area contributed by atoms with Crippen LogP contribution >= 0.6 is 12.4 Å². The number of rotatable bonds is 4. The van der Waals surface area contributed by atoms with Crippen molar-refractivity contribution in [1.82, 2.24) is 15.5 Å². The maximum absolute atomic E-state index is 12.4. The minimum Gasteiger partial charge on any atom is -0.334 e. The van der Waals surface area contributed by atoms with Gasteiger partial charge >= 0.3 is 0 Å². The van der Waals surface area contributed by atoms with Crippen LogP contribution in [-0.2, 0) is 11.2 Å². The fourth-order valence-corrected chi connectivity index (χ4v) is 2.72. The van der Waals surface area contributed by atoms with Gasteiger partial charge < -0.3 is 15.2 Å². The summed E-state index contributed by atoms with van der Waals surface area (Å²) in [5.41, 5.74) is 2.65. The Kier molecular flexibility index (Phi) is 6.34. The van der Waals surface area contributed by atoms with Gasteiger partial charge in [-0.1, -0.05) is 18.1 Å². The van der Waals surface area contributed by atoms with Crippen molar-refractivity contribution in [3.8, 4) is 11.5 Å². The topological polar surface area (TPSA) is 80.0 Å². The second-order valence-electron chi connectivity index (χ2n) is 5.91. The molecular weight excluding hydrogens is 328 g/mol. The summed E-state index contributed by atoms with van der Waals surface area (Å²) < 4.78 is 5.28. The van der Waals surface area contributed by atoms with E-state index >= 15 is 0 Å². The molecule has 1 amide bonds. The minimum atomic E-state index is 0. The van der Waals surface area contributed by atoms with E-state index in [9.17, 15) is 4.79 Å². The first-order valence-corrected chi connectivity index (χ1v) is 8.12.